The van der Waals surface area contributed by atoms with E-state index in [1.165, 1.54) is 25.7 Å². The highest BCUT2D eigenvalue weighted by Gasteiger charge is 2.35. The number of likely N-dealkylation sites (N-methyl/N-ethyl adjacent to an activating group) is 1. The number of rotatable bonds is 7. The summed E-state index contributed by atoms with van der Waals surface area (Å²) in [7, 11) is 4.36. The van der Waals surface area contributed by atoms with Gasteiger partial charge in [0.05, 0.1) is 18.0 Å². The van der Waals surface area contributed by atoms with Crippen molar-refractivity contribution in [2.75, 3.05) is 38.3 Å². The Hall–Kier alpha value is -1.42. The van der Waals surface area contributed by atoms with Gasteiger partial charge in [-0.3, -0.25) is 0 Å². The highest BCUT2D eigenvalue weighted by Crippen LogP contribution is 2.35. The molecule has 4 nitrogen and oxygen atoms in total. The van der Waals surface area contributed by atoms with Gasteiger partial charge in [0.1, 0.15) is 5.75 Å². The van der Waals surface area contributed by atoms with Gasteiger partial charge < -0.3 is 20.7 Å². The number of hydrogen-bond donors (Lipinski definition) is 2. The Morgan fingerprint density at radius 3 is 2.62 bits per heavy atom. The Kier molecular flexibility index (Phi) is 5.34. The maximum Gasteiger partial charge on any atom is 0.144 e. The molecule has 4 heteroatoms. The molecule has 0 atom stereocenters. The van der Waals surface area contributed by atoms with Gasteiger partial charge >= 0.3 is 0 Å². The first-order valence-corrected chi connectivity index (χ1v) is 8.01. The quantitative estimate of drug-likeness (QED) is 0.757. The van der Waals surface area contributed by atoms with Gasteiger partial charge in [0.25, 0.3) is 0 Å². The maximum atomic E-state index is 6.23. The number of benzene rings is 1. The number of nitrogens with zero attached hydrogens (tertiary/aromatic N) is 1. The normalized spacial score (nSPS) is 17.1. The summed E-state index contributed by atoms with van der Waals surface area (Å²) < 4.78 is 5.70. The van der Waals surface area contributed by atoms with Crippen molar-refractivity contribution in [2.24, 2.45) is 0 Å². The minimum atomic E-state index is 0.257. The van der Waals surface area contributed by atoms with Gasteiger partial charge in [0, 0.05) is 12.1 Å². The van der Waals surface area contributed by atoms with Gasteiger partial charge in [-0.2, -0.15) is 0 Å². The number of nitrogens with one attached hydrogen (secondary N) is 1. The first-order chi connectivity index (χ1) is 10.1. The highest BCUT2D eigenvalue weighted by atomic mass is 16.5. The summed E-state index contributed by atoms with van der Waals surface area (Å²) in [6.07, 6.45) is 6.11. The van der Waals surface area contributed by atoms with E-state index in [9.17, 15) is 0 Å². The lowest BCUT2D eigenvalue weighted by Gasteiger charge is -2.37. The minimum absolute atomic E-state index is 0.257. The van der Waals surface area contributed by atoms with Crippen LogP contribution in [0.15, 0.2) is 18.2 Å². The number of anilines is 2. The molecule has 0 amide bonds. The van der Waals surface area contributed by atoms with Crippen molar-refractivity contribution < 1.29 is 4.74 Å². The predicted octanol–water partition coefficient (Wildman–Crippen LogP) is 3.34. The predicted molar refractivity (Wildman–Crippen MR) is 90.0 cm³/mol. The fraction of sp³-hybridized carbons (Fsp3) is 0.647. The monoisotopic (exact) mass is 291 g/mol. The number of para-hydroxylation sites is 1. The lowest BCUT2D eigenvalue weighted by molar-refractivity contribution is 0.172. The highest BCUT2D eigenvalue weighted by molar-refractivity contribution is 5.73. The summed E-state index contributed by atoms with van der Waals surface area (Å²) in [5.41, 5.74) is 8.19. The van der Waals surface area contributed by atoms with Crippen LogP contribution in [0.25, 0.3) is 0 Å². The first-order valence-electron chi connectivity index (χ1n) is 8.01. The Labute approximate surface area is 128 Å². The fourth-order valence-electron chi connectivity index (χ4n) is 3.11. The van der Waals surface area contributed by atoms with E-state index in [1.807, 2.05) is 18.2 Å². The summed E-state index contributed by atoms with van der Waals surface area (Å²) in [5, 5.41) is 3.55. The molecule has 0 aromatic heterocycles. The summed E-state index contributed by atoms with van der Waals surface area (Å²) in [5.74, 6) is 0.784. The molecule has 2 rings (SSSR count). The van der Waals surface area contributed by atoms with Crippen LogP contribution in [-0.4, -0.2) is 37.7 Å². The number of hydrogen-bond acceptors (Lipinski definition) is 4. The van der Waals surface area contributed by atoms with Gasteiger partial charge in [0.2, 0.25) is 0 Å². The molecule has 21 heavy (non-hydrogen) atoms. The van der Waals surface area contributed by atoms with Crippen LogP contribution >= 0.6 is 0 Å². The molecule has 1 aliphatic carbocycles. The summed E-state index contributed by atoms with van der Waals surface area (Å²) in [6.45, 7) is 3.73. The molecule has 0 saturated heterocycles. The maximum absolute atomic E-state index is 6.23. The van der Waals surface area contributed by atoms with Crippen LogP contribution in [0.3, 0.4) is 0 Å². The molecular weight excluding hydrogens is 262 g/mol. The topological polar surface area (TPSA) is 50.5 Å². The first kappa shape index (κ1) is 16.0. The average molecular weight is 291 g/mol. The zero-order valence-electron chi connectivity index (χ0n) is 13.6. The summed E-state index contributed by atoms with van der Waals surface area (Å²) in [4.78, 5) is 2.36. The van der Waals surface area contributed by atoms with Gasteiger partial charge in [-0.1, -0.05) is 25.8 Å². The molecule has 118 valence electrons. The standard InChI is InChI=1S/C17H29N3O/c1-4-12-21-15-9-7-8-14(16(15)18)19-13-17(20(2)3)10-5-6-11-17/h7-9,19H,4-6,10-13,18H2,1-3H3. The van der Waals surface area contributed by atoms with Crippen LogP contribution in [0.2, 0.25) is 0 Å². The van der Waals surface area contributed by atoms with E-state index in [0.717, 1.165) is 30.1 Å². The van der Waals surface area contributed by atoms with Crippen molar-refractivity contribution in [2.45, 2.75) is 44.6 Å². The van der Waals surface area contributed by atoms with Gasteiger partial charge in [0.15, 0.2) is 0 Å². The number of ether oxygens (including phenoxy) is 1. The van der Waals surface area contributed by atoms with E-state index < -0.39 is 0 Å². The number of nitrogen functional groups attached to an aromatic ring is 1. The van der Waals surface area contributed by atoms with E-state index in [-0.39, 0.29) is 5.54 Å². The molecule has 0 heterocycles. The van der Waals surface area contributed by atoms with E-state index in [0.29, 0.717) is 6.61 Å². The molecule has 1 aromatic carbocycles. The second-order valence-corrected chi connectivity index (χ2v) is 6.25. The van der Waals surface area contributed by atoms with E-state index in [2.05, 4.69) is 31.2 Å². The van der Waals surface area contributed by atoms with Crippen LogP contribution in [0.5, 0.6) is 5.75 Å². The molecule has 0 unspecified atom stereocenters. The van der Waals surface area contributed by atoms with Crippen LogP contribution in [0.1, 0.15) is 39.0 Å². The third-order valence-corrected chi connectivity index (χ3v) is 4.62. The van der Waals surface area contributed by atoms with E-state index in [1.54, 1.807) is 0 Å². The summed E-state index contributed by atoms with van der Waals surface area (Å²) >= 11 is 0. The van der Waals surface area contributed by atoms with Crippen LogP contribution in [0.4, 0.5) is 11.4 Å². The van der Waals surface area contributed by atoms with Crippen LogP contribution in [0, 0.1) is 0 Å². The fourth-order valence-corrected chi connectivity index (χ4v) is 3.11. The molecule has 0 radical (unpaired) electrons. The molecular formula is C17H29N3O. The molecule has 1 aliphatic rings. The van der Waals surface area contributed by atoms with Crippen molar-refractivity contribution >= 4 is 11.4 Å². The zero-order chi connectivity index (χ0) is 15.3. The smallest absolute Gasteiger partial charge is 0.144 e. The Bertz CT molecular complexity index is 453. The van der Waals surface area contributed by atoms with Crippen molar-refractivity contribution in [1.29, 1.82) is 0 Å². The van der Waals surface area contributed by atoms with Crippen molar-refractivity contribution in [1.82, 2.24) is 4.90 Å². The Balaban J connectivity index is 2.05. The molecule has 1 aromatic rings. The summed E-state index contributed by atoms with van der Waals surface area (Å²) in [6, 6.07) is 5.97. The van der Waals surface area contributed by atoms with E-state index >= 15 is 0 Å². The molecule has 1 saturated carbocycles. The van der Waals surface area contributed by atoms with Gasteiger partial charge in [-0.15, -0.1) is 0 Å². The third-order valence-electron chi connectivity index (χ3n) is 4.62. The molecule has 3 N–H and O–H groups in total. The van der Waals surface area contributed by atoms with Crippen molar-refractivity contribution in [3.63, 3.8) is 0 Å². The van der Waals surface area contributed by atoms with Gasteiger partial charge in [-0.25, -0.2) is 0 Å². The van der Waals surface area contributed by atoms with Crippen LogP contribution < -0.4 is 15.8 Å². The second-order valence-electron chi connectivity index (χ2n) is 6.25. The van der Waals surface area contributed by atoms with E-state index in [4.69, 9.17) is 10.5 Å². The minimum Gasteiger partial charge on any atom is -0.491 e. The number of nitrogens with two attached hydrogens (primary N) is 1. The Morgan fingerprint density at radius 2 is 2.00 bits per heavy atom. The third kappa shape index (κ3) is 3.62. The lowest BCUT2D eigenvalue weighted by Crippen LogP contribution is -2.47. The SMILES string of the molecule is CCCOc1cccc(NCC2(N(C)C)CCCC2)c1N. The zero-order valence-corrected chi connectivity index (χ0v) is 13.6. The molecule has 0 spiro atoms. The van der Waals surface area contributed by atoms with Gasteiger partial charge in [-0.05, 0) is 45.5 Å². The second kappa shape index (κ2) is 7.03. The largest absolute Gasteiger partial charge is 0.491 e. The van der Waals surface area contributed by atoms with Crippen molar-refractivity contribution in [3.05, 3.63) is 18.2 Å². The van der Waals surface area contributed by atoms with Crippen molar-refractivity contribution in [3.8, 4) is 5.75 Å². The Morgan fingerprint density at radius 1 is 1.29 bits per heavy atom. The molecule has 0 aliphatic heterocycles. The average Bonchev–Trinajstić information content (AvgIpc) is 2.95. The molecule has 0 bridgehead atoms. The molecule has 1 fully saturated rings. The lowest BCUT2D eigenvalue weighted by atomic mass is 9.96. The van der Waals surface area contributed by atoms with Crippen LogP contribution in [-0.2, 0) is 0 Å².